The second kappa shape index (κ2) is 9.10. The van der Waals surface area contributed by atoms with E-state index in [0.29, 0.717) is 19.0 Å². The Morgan fingerprint density at radius 2 is 1.94 bits per heavy atom. The molecule has 2 aromatic rings. The van der Waals surface area contributed by atoms with Crippen molar-refractivity contribution in [1.29, 1.82) is 0 Å². The third-order valence-electron chi connectivity index (χ3n) is 9.06. The average molecular weight is 493 g/mol. The minimum Gasteiger partial charge on any atom is -0.389 e. The van der Waals surface area contributed by atoms with Gasteiger partial charge in [0.2, 0.25) is 5.91 Å². The number of piperazine rings is 1. The molecule has 1 aliphatic carbocycles. The molecule has 6 rings (SSSR count). The fourth-order valence-corrected chi connectivity index (χ4v) is 6.38. The summed E-state index contributed by atoms with van der Waals surface area (Å²) in [5, 5.41) is 15.6. The molecule has 0 bridgehead atoms. The zero-order valence-electron chi connectivity index (χ0n) is 21.0. The van der Waals surface area contributed by atoms with Crippen molar-refractivity contribution in [3.8, 4) is 0 Å². The van der Waals surface area contributed by atoms with E-state index in [9.17, 15) is 9.90 Å². The monoisotopic (exact) mass is 492 g/mol. The van der Waals surface area contributed by atoms with Crippen LogP contribution in [0.25, 0.3) is 16.8 Å². The van der Waals surface area contributed by atoms with Gasteiger partial charge in [0.05, 0.1) is 24.9 Å². The first-order chi connectivity index (χ1) is 17.4. The molecule has 3 saturated heterocycles. The Labute approximate surface area is 212 Å². The molecule has 4 heterocycles. The first kappa shape index (κ1) is 23.9. The Bertz CT molecular complexity index is 1170. The van der Waals surface area contributed by atoms with Crippen molar-refractivity contribution in [3.63, 3.8) is 0 Å². The molecule has 0 radical (unpaired) electrons. The molecule has 192 valence electrons. The SMILES string of the molecule is C=Cc1cc2cnc(NC(=O)[C@@H]3CC34CCOCC4)cc2cc1N1CCN([C@]2(C)COC[C@@H]2O)CC1. The van der Waals surface area contributed by atoms with Crippen LogP contribution in [0.5, 0.6) is 0 Å². The first-order valence-corrected chi connectivity index (χ1v) is 13.1. The smallest absolute Gasteiger partial charge is 0.229 e. The molecule has 1 amide bonds. The van der Waals surface area contributed by atoms with Gasteiger partial charge in [-0.05, 0) is 60.7 Å². The van der Waals surface area contributed by atoms with Gasteiger partial charge in [-0.3, -0.25) is 9.69 Å². The highest BCUT2D eigenvalue weighted by Gasteiger charge is 2.58. The molecule has 3 atom stereocenters. The summed E-state index contributed by atoms with van der Waals surface area (Å²) in [5.74, 6) is 0.751. The topological polar surface area (TPSA) is 87.2 Å². The number of carbonyl (C=O) groups is 1. The summed E-state index contributed by atoms with van der Waals surface area (Å²) in [6, 6.07) is 6.29. The fourth-order valence-electron chi connectivity index (χ4n) is 6.38. The second-order valence-electron chi connectivity index (χ2n) is 11.1. The highest BCUT2D eigenvalue weighted by Crippen LogP contribution is 2.59. The highest BCUT2D eigenvalue weighted by molar-refractivity contribution is 5.97. The molecule has 8 nitrogen and oxygen atoms in total. The van der Waals surface area contributed by atoms with Gasteiger partial charge >= 0.3 is 0 Å². The van der Waals surface area contributed by atoms with Gasteiger partial charge < -0.3 is 24.8 Å². The highest BCUT2D eigenvalue weighted by atomic mass is 16.5. The van der Waals surface area contributed by atoms with Crippen LogP contribution in [0, 0.1) is 11.3 Å². The molecule has 1 aromatic carbocycles. The number of hydrogen-bond acceptors (Lipinski definition) is 7. The number of amides is 1. The predicted molar refractivity (Wildman–Crippen MR) is 140 cm³/mol. The van der Waals surface area contributed by atoms with Crippen molar-refractivity contribution in [2.45, 2.75) is 37.8 Å². The molecule has 36 heavy (non-hydrogen) atoms. The lowest BCUT2D eigenvalue weighted by molar-refractivity contribution is -0.118. The number of carbonyl (C=O) groups excluding carboxylic acids is 1. The Kier molecular flexibility index (Phi) is 6.03. The van der Waals surface area contributed by atoms with Crippen molar-refractivity contribution in [2.75, 3.05) is 62.8 Å². The maximum atomic E-state index is 12.9. The van der Waals surface area contributed by atoms with Gasteiger partial charge in [-0.1, -0.05) is 12.7 Å². The Balaban J connectivity index is 1.18. The Morgan fingerprint density at radius 1 is 1.17 bits per heavy atom. The molecule has 4 aliphatic rings. The minimum absolute atomic E-state index is 0.0690. The van der Waals surface area contributed by atoms with Crippen LogP contribution < -0.4 is 10.2 Å². The number of hydrogen-bond donors (Lipinski definition) is 2. The molecule has 3 aliphatic heterocycles. The zero-order chi connectivity index (χ0) is 24.9. The molecule has 8 heteroatoms. The number of anilines is 2. The molecular formula is C28H36N4O4. The maximum absolute atomic E-state index is 12.9. The van der Waals surface area contributed by atoms with Crippen LogP contribution >= 0.6 is 0 Å². The maximum Gasteiger partial charge on any atom is 0.229 e. The molecule has 4 fully saturated rings. The van der Waals surface area contributed by atoms with Crippen molar-refractivity contribution in [1.82, 2.24) is 9.88 Å². The third-order valence-corrected chi connectivity index (χ3v) is 9.06. The summed E-state index contributed by atoms with van der Waals surface area (Å²) in [6.07, 6.45) is 6.18. The molecular weight excluding hydrogens is 456 g/mol. The van der Waals surface area contributed by atoms with Crippen LogP contribution in [0.15, 0.2) is 31.0 Å². The fraction of sp³-hybridized carbons (Fsp3) is 0.571. The van der Waals surface area contributed by atoms with Crippen LogP contribution in [0.1, 0.15) is 31.7 Å². The van der Waals surface area contributed by atoms with E-state index in [0.717, 1.165) is 80.7 Å². The van der Waals surface area contributed by atoms with Crippen molar-refractivity contribution < 1.29 is 19.4 Å². The normalized spacial score (nSPS) is 30.0. The quantitative estimate of drug-likeness (QED) is 0.664. The molecule has 0 unspecified atom stereocenters. The number of aliphatic hydroxyl groups is 1. The van der Waals surface area contributed by atoms with E-state index in [4.69, 9.17) is 9.47 Å². The number of aliphatic hydroxyl groups excluding tert-OH is 1. The van der Waals surface area contributed by atoms with Gasteiger partial charge in [0.1, 0.15) is 5.82 Å². The van der Waals surface area contributed by atoms with Gasteiger partial charge in [-0.2, -0.15) is 0 Å². The number of fused-ring (bicyclic) bond motifs is 1. The Morgan fingerprint density at radius 3 is 2.64 bits per heavy atom. The molecule has 1 spiro atoms. The van der Waals surface area contributed by atoms with Crippen LogP contribution in [-0.2, 0) is 14.3 Å². The lowest BCUT2D eigenvalue weighted by Crippen LogP contribution is -2.60. The summed E-state index contributed by atoms with van der Waals surface area (Å²) < 4.78 is 11.0. The minimum atomic E-state index is -0.452. The summed E-state index contributed by atoms with van der Waals surface area (Å²) in [7, 11) is 0. The van der Waals surface area contributed by atoms with Crippen LogP contribution in [-0.4, -0.2) is 85.1 Å². The average Bonchev–Trinajstić information content (AvgIpc) is 3.48. The third kappa shape index (κ3) is 4.10. The summed E-state index contributed by atoms with van der Waals surface area (Å²) >= 11 is 0. The lowest BCUT2D eigenvalue weighted by Gasteiger charge is -2.45. The lowest BCUT2D eigenvalue weighted by atomic mass is 9.93. The van der Waals surface area contributed by atoms with Crippen molar-refractivity contribution >= 4 is 34.3 Å². The van der Waals surface area contributed by atoms with Crippen LogP contribution in [0.2, 0.25) is 0 Å². The molecule has 1 saturated carbocycles. The number of nitrogens with zero attached hydrogens (tertiary/aromatic N) is 3. The van der Waals surface area contributed by atoms with Crippen LogP contribution in [0.3, 0.4) is 0 Å². The van der Waals surface area contributed by atoms with Gasteiger partial charge in [-0.25, -0.2) is 4.98 Å². The summed E-state index contributed by atoms with van der Waals surface area (Å²) in [6.45, 7) is 12.1. The summed E-state index contributed by atoms with van der Waals surface area (Å²) in [5.41, 5.74) is 2.03. The largest absolute Gasteiger partial charge is 0.389 e. The van der Waals surface area contributed by atoms with E-state index in [1.807, 2.05) is 18.3 Å². The van der Waals surface area contributed by atoms with Gasteiger partial charge in [-0.15, -0.1) is 0 Å². The van der Waals surface area contributed by atoms with E-state index in [-0.39, 0.29) is 22.8 Å². The van der Waals surface area contributed by atoms with E-state index < -0.39 is 6.10 Å². The number of benzene rings is 1. The first-order valence-electron chi connectivity index (χ1n) is 13.1. The standard InChI is InChI=1S/C28H36N4O4/c1-3-19-12-21-16-29-25(30-26(34)22-15-28(22)4-10-35-11-5-28)14-20(21)13-23(19)31-6-8-32(9-7-31)27(2)18-36-17-24(27)33/h3,12-14,16,22,24,33H,1,4-11,15,17-18H2,2H3,(H,29,30,34)/t22-,24-,27+/m0/s1. The van der Waals surface area contributed by atoms with E-state index >= 15 is 0 Å². The number of rotatable bonds is 5. The number of nitrogens with one attached hydrogen (secondary N) is 1. The number of aromatic nitrogens is 1. The van der Waals surface area contributed by atoms with Crippen molar-refractivity contribution in [3.05, 3.63) is 36.5 Å². The number of pyridine rings is 1. The van der Waals surface area contributed by atoms with Gasteiger partial charge in [0.25, 0.3) is 0 Å². The van der Waals surface area contributed by atoms with E-state index in [1.54, 1.807) is 0 Å². The zero-order valence-corrected chi connectivity index (χ0v) is 21.0. The molecule has 1 aromatic heterocycles. The Hall–Kier alpha value is -2.52. The van der Waals surface area contributed by atoms with E-state index in [2.05, 4.69) is 45.7 Å². The number of ether oxygens (including phenoxy) is 2. The van der Waals surface area contributed by atoms with Gasteiger partial charge in [0, 0.05) is 62.6 Å². The second-order valence-corrected chi connectivity index (χ2v) is 11.1. The predicted octanol–water partition coefficient (Wildman–Crippen LogP) is 2.90. The van der Waals surface area contributed by atoms with Crippen molar-refractivity contribution in [2.24, 2.45) is 11.3 Å². The van der Waals surface area contributed by atoms with E-state index in [1.165, 1.54) is 0 Å². The molecule has 2 N–H and O–H groups in total. The summed E-state index contributed by atoms with van der Waals surface area (Å²) in [4.78, 5) is 22.2. The van der Waals surface area contributed by atoms with Gasteiger partial charge in [0.15, 0.2) is 0 Å². The van der Waals surface area contributed by atoms with Crippen LogP contribution in [0.4, 0.5) is 11.5 Å².